The fourth-order valence-corrected chi connectivity index (χ4v) is 5.80. The van der Waals surface area contributed by atoms with E-state index in [1.807, 2.05) is 42.5 Å². The topological polar surface area (TPSA) is 104 Å². The van der Waals surface area contributed by atoms with Gasteiger partial charge in [-0.25, -0.2) is 13.2 Å². The van der Waals surface area contributed by atoms with Gasteiger partial charge in [-0.1, -0.05) is 54.6 Å². The SMILES string of the molecule is O=C(Nc1ccc(-c2ccccc2)cc1C(=O)O)c1ccc(S(=O)(=O)N2CCc3ccccc32)cc1. The van der Waals surface area contributed by atoms with Crippen LogP contribution in [-0.2, 0) is 16.4 Å². The number of para-hydroxylation sites is 1. The fraction of sp³-hybridized carbons (Fsp3) is 0.0714. The molecule has 1 aliphatic rings. The minimum atomic E-state index is -3.78. The highest BCUT2D eigenvalue weighted by atomic mass is 32.2. The van der Waals surface area contributed by atoms with E-state index in [9.17, 15) is 23.1 Å². The molecule has 0 atom stereocenters. The van der Waals surface area contributed by atoms with Gasteiger partial charge in [0.15, 0.2) is 0 Å². The third-order valence-electron chi connectivity index (χ3n) is 6.15. The summed E-state index contributed by atoms with van der Waals surface area (Å²) in [7, 11) is -3.78. The van der Waals surface area contributed by atoms with Gasteiger partial charge in [-0.3, -0.25) is 9.10 Å². The first-order valence-corrected chi connectivity index (χ1v) is 12.7. The molecule has 1 heterocycles. The molecule has 0 fully saturated rings. The van der Waals surface area contributed by atoms with Crippen LogP contribution in [0.2, 0.25) is 0 Å². The second-order valence-corrected chi connectivity index (χ2v) is 10.2. The average Bonchev–Trinajstić information content (AvgIpc) is 3.34. The van der Waals surface area contributed by atoms with Gasteiger partial charge in [0, 0.05) is 12.1 Å². The zero-order valence-corrected chi connectivity index (χ0v) is 19.9. The Balaban J connectivity index is 1.37. The lowest BCUT2D eigenvalue weighted by Gasteiger charge is -2.19. The number of aromatic carboxylic acids is 1. The number of carbonyl (C=O) groups is 2. The summed E-state index contributed by atoms with van der Waals surface area (Å²) in [4.78, 5) is 24.8. The molecule has 0 unspecified atom stereocenters. The van der Waals surface area contributed by atoms with Gasteiger partial charge >= 0.3 is 5.97 Å². The maximum atomic E-state index is 13.2. The third-order valence-corrected chi connectivity index (χ3v) is 7.98. The van der Waals surface area contributed by atoms with E-state index in [-0.39, 0.29) is 21.7 Å². The second kappa shape index (κ2) is 9.31. The molecular formula is C28H22N2O5S. The molecule has 4 aromatic carbocycles. The number of anilines is 2. The average molecular weight is 499 g/mol. The molecule has 8 heteroatoms. The number of sulfonamides is 1. The van der Waals surface area contributed by atoms with E-state index in [2.05, 4.69) is 5.32 Å². The summed E-state index contributed by atoms with van der Waals surface area (Å²) in [6.45, 7) is 0.362. The maximum absolute atomic E-state index is 13.2. The number of nitrogens with zero attached hydrogens (tertiary/aromatic N) is 1. The second-order valence-electron chi connectivity index (χ2n) is 8.37. The van der Waals surface area contributed by atoms with E-state index in [0.29, 0.717) is 24.2 Å². The molecule has 36 heavy (non-hydrogen) atoms. The van der Waals surface area contributed by atoms with Gasteiger partial charge in [-0.05, 0) is 65.6 Å². The molecule has 180 valence electrons. The zero-order chi connectivity index (χ0) is 25.3. The van der Waals surface area contributed by atoms with Crippen LogP contribution in [0.5, 0.6) is 0 Å². The number of amides is 1. The van der Waals surface area contributed by atoms with E-state index in [1.165, 1.54) is 34.6 Å². The summed E-state index contributed by atoms with van der Waals surface area (Å²) in [5.41, 5.74) is 3.52. The van der Waals surface area contributed by atoms with Crippen LogP contribution in [-0.4, -0.2) is 31.9 Å². The molecule has 0 bridgehead atoms. The predicted molar refractivity (Wildman–Crippen MR) is 138 cm³/mol. The van der Waals surface area contributed by atoms with Crippen LogP contribution in [0.25, 0.3) is 11.1 Å². The van der Waals surface area contributed by atoms with Crippen molar-refractivity contribution < 1.29 is 23.1 Å². The van der Waals surface area contributed by atoms with E-state index in [0.717, 1.165) is 11.1 Å². The summed E-state index contributed by atoms with van der Waals surface area (Å²) in [6.07, 6.45) is 0.644. The van der Waals surface area contributed by atoms with Crippen molar-refractivity contribution in [2.75, 3.05) is 16.2 Å². The highest BCUT2D eigenvalue weighted by Crippen LogP contribution is 2.33. The van der Waals surface area contributed by atoms with E-state index >= 15 is 0 Å². The molecule has 0 saturated heterocycles. The first-order valence-electron chi connectivity index (χ1n) is 11.3. The zero-order valence-electron chi connectivity index (χ0n) is 19.1. The van der Waals surface area contributed by atoms with Gasteiger partial charge in [-0.15, -0.1) is 0 Å². The van der Waals surface area contributed by atoms with Crippen LogP contribution in [0.1, 0.15) is 26.3 Å². The number of hydrogen-bond acceptors (Lipinski definition) is 4. The van der Waals surface area contributed by atoms with Crippen LogP contribution in [0.3, 0.4) is 0 Å². The van der Waals surface area contributed by atoms with Gasteiger partial charge < -0.3 is 10.4 Å². The number of carbonyl (C=O) groups excluding carboxylic acids is 1. The lowest BCUT2D eigenvalue weighted by atomic mass is 10.0. The van der Waals surface area contributed by atoms with Gasteiger partial charge in [-0.2, -0.15) is 0 Å². The Kier molecular flexibility index (Phi) is 6.03. The number of nitrogens with one attached hydrogen (secondary N) is 1. The smallest absolute Gasteiger partial charge is 0.337 e. The maximum Gasteiger partial charge on any atom is 0.337 e. The summed E-state index contributed by atoms with van der Waals surface area (Å²) in [5, 5.41) is 12.3. The first-order chi connectivity index (χ1) is 17.3. The van der Waals surface area contributed by atoms with Crippen LogP contribution < -0.4 is 9.62 Å². The van der Waals surface area contributed by atoms with E-state index in [4.69, 9.17) is 0 Å². The van der Waals surface area contributed by atoms with Crippen molar-refractivity contribution in [3.05, 3.63) is 114 Å². The first kappa shape index (κ1) is 23.3. The summed E-state index contributed by atoms with van der Waals surface area (Å²) in [6, 6.07) is 27.1. The van der Waals surface area contributed by atoms with Gasteiger partial charge in [0.25, 0.3) is 15.9 Å². The number of fused-ring (bicyclic) bond motifs is 1. The van der Waals surface area contributed by atoms with Gasteiger partial charge in [0.1, 0.15) is 0 Å². The van der Waals surface area contributed by atoms with Crippen LogP contribution in [0, 0.1) is 0 Å². The van der Waals surface area contributed by atoms with Crippen molar-refractivity contribution in [1.29, 1.82) is 0 Å². The molecule has 5 rings (SSSR count). The van der Waals surface area contributed by atoms with E-state index in [1.54, 1.807) is 24.3 Å². The molecule has 0 radical (unpaired) electrons. The molecular weight excluding hydrogens is 476 g/mol. The van der Waals surface area contributed by atoms with Crippen molar-refractivity contribution >= 4 is 33.3 Å². The monoisotopic (exact) mass is 498 g/mol. The van der Waals surface area contributed by atoms with E-state index < -0.39 is 21.9 Å². The molecule has 7 nitrogen and oxygen atoms in total. The molecule has 4 aromatic rings. The molecule has 0 aromatic heterocycles. The Morgan fingerprint density at radius 2 is 1.50 bits per heavy atom. The van der Waals surface area contributed by atoms with Crippen molar-refractivity contribution in [2.24, 2.45) is 0 Å². The molecule has 1 aliphatic heterocycles. The molecule has 2 N–H and O–H groups in total. The highest BCUT2D eigenvalue weighted by Gasteiger charge is 2.30. The Labute approximate surface area is 208 Å². The third kappa shape index (κ3) is 4.34. The summed E-state index contributed by atoms with van der Waals surface area (Å²) in [5.74, 6) is -1.71. The van der Waals surface area contributed by atoms with Crippen LogP contribution >= 0.6 is 0 Å². The lowest BCUT2D eigenvalue weighted by Crippen LogP contribution is -2.29. The number of rotatable bonds is 6. The molecule has 0 aliphatic carbocycles. The number of hydrogen-bond donors (Lipinski definition) is 2. The summed E-state index contributed by atoms with van der Waals surface area (Å²) >= 11 is 0. The quantitative estimate of drug-likeness (QED) is 0.387. The minimum Gasteiger partial charge on any atom is -0.478 e. The minimum absolute atomic E-state index is 0.0448. The van der Waals surface area contributed by atoms with Crippen LogP contribution in [0.15, 0.2) is 102 Å². The molecule has 0 saturated carbocycles. The van der Waals surface area contributed by atoms with Crippen molar-refractivity contribution in [3.63, 3.8) is 0 Å². The fourth-order valence-electron chi connectivity index (χ4n) is 4.30. The lowest BCUT2D eigenvalue weighted by molar-refractivity contribution is 0.0698. The normalized spacial score (nSPS) is 12.7. The Bertz CT molecular complexity index is 1570. The number of benzene rings is 4. The Morgan fingerprint density at radius 3 is 2.22 bits per heavy atom. The van der Waals surface area contributed by atoms with Gasteiger partial charge in [0.2, 0.25) is 0 Å². The molecule has 1 amide bonds. The van der Waals surface area contributed by atoms with Crippen LogP contribution in [0.4, 0.5) is 11.4 Å². The largest absolute Gasteiger partial charge is 0.478 e. The van der Waals surface area contributed by atoms with Crippen molar-refractivity contribution in [3.8, 4) is 11.1 Å². The number of carboxylic acid groups (broad SMARTS) is 1. The standard InChI is InChI=1S/C28H22N2O5S/c31-27(29-25-15-12-22(18-24(25)28(32)33)19-6-2-1-3-7-19)21-10-13-23(14-11-21)36(34,35)30-17-16-20-8-4-5-9-26(20)30/h1-15,18H,16-17H2,(H,29,31)(H,32,33). The predicted octanol–water partition coefficient (Wildman–Crippen LogP) is 5.06. The van der Waals surface area contributed by atoms with Gasteiger partial charge in [0.05, 0.1) is 21.8 Å². The Hall–Kier alpha value is -4.43. The number of carboxylic acids is 1. The van der Waals surface area contributed by atoms with Crippen molar-refractivity contribution in [2.45, 2.75) is 11.3 Å². The summed E-state index contributed by atoms with van der Waals surface area (Å²) < 4.78 is 27.8. The molecule has 0 spiro atoms. The highest BCUT2D eigenvalue weighted by molar-refractivity contribution is 7.92. The van der Waals surface area contributed by atoms with Crippen molar-refractivity contribution in [1.82, 2.24) is 0 Å². The Morgan fingerprint density at radius 1 is 0.806 bits per heavy atom.